The SMILES string of the molecule is CCn1nc(C)c2nc(SCC(=O)Nc3ccc(C)cc3)n(C[C@H]3CCCO3)c(=O)c21. The lowest BCUT2D eigenvalue weighted by Crippen LogP contribution is -2.30. The van der Waals surface area contributed by atoms with Crippen molar-refractivity contribution in [1.82, 2.24) is 19.3 Å². The van der Waals surface area contributed by atoms with Gasteiger partial charge < -0.3 is 10.1 Å². The zero-order valence-electron chi connectivity index (χ0n) is 18.1. The fourth-order valence-corrected chi connectivity index (χ4v) is 4.55. The van der Waals surface area contributed by atoms with Crippen LogP contribution in [0.15, 0.2) is 34.2 Å². The molecule has 1 saturated heterocycles. The second-order valence-electron chi connectivity index (χ2n) is 7.75. The molecule has 1 N–H and O–H groups in total. The van der Waals surface area contributed by atoms with Crippen molar-refractivity contribution >= 4 is 34.4 Å². The summed E-state index contributed by atoms with van der Waals surface area (Å²) in [6.07, 6.45) is 1.88. The quantitative estimate of drug-likeness (QED) is 0.447. The first-order chi connectivity index (χ1) is 15.0. The molecule has 0 unspecified atom stereocenters. The van der Waals surface area contributed by atoms with Gasteiger partial charge in [0.25, 0.3) is 5.56 Å². The van der Waals surface area contributed by atoms with Crippen molar-refractivity contribution in [3.05, 3.63) is 45.9 Å². The lowest BCUT2D eigenvalue weighted by Gasteiger charge is -2.16. The highest BCUT2D eigenvalue weighted by Crippen LogP contribution is 2.23. The Morgan fingerprint density at radius 1 is 1.29 bits per heavy atom. The Morgan fingerprint density at radius 2 is 2.06 bits per heavy atom. The maximum atomic E-state index is 13.4. The lowest BCUT2D eigenvalue weighted by molar-refractivity contribution is -0.113. The van der Waals surface area contributed by atoms with E-state index in [4.69, 9.17) is 9.72 Å². The number of aromatic nitrogens is 4. The molecule has 0 saturated carbocycles. The van der Waals surface area contributed by atoms with Crippen LogP contribution in [0, 0.1) is 13.8 Å². The summed E-state index contributed by atoms with van der Waals surface area (Å²) in [6.45, 7) is 7.53. The molecule has 1 amide bonds. The van der Waals surface area contributed by atoms with Crippen molar-refractivity contribution < 1.29 is 9.53 Å². The molecule has 1 aliphatic rings. The predicted octanol–water partition coefficient (Wildman–Crippen LogP) is 3.14. The largest absolute Gasteiger partial charge is 0.376 e. The summed E-state index contributed by atoms with van der Waals surface area (Å²) < 4.78 is 9.10. The predicted molar refractivity (Wildman–Crippen MR) is 122 cm³/mol. The first-order valence-electron chi connectivity index (χ1n) is 10.5. The highest BCUT2D eigenvalue weighted by Gasteiger charge is 2.23. The van der Waals surface area contributed by atoms with Crippen LogP contribution in [0.5, 0.6) is 0 Å². The minimum absolute atomic E-state index is 0.0169. The number of amides is 1. The van der Waals surface area contributed by atoms with Gasteiger partial charge in [0.05, 0.1) is 24.1 Å². The van der Waals surface area contributed by atoms with Crippen molar-refractivity contribution in [3.63, 3.8) is 0 Å². The Hall–Kier alpha value is -2.65. The van der Waals surface area contributed by atoms with E-state index in [9.17, 15) is 9.59 Å². The highest BCUT2D eigenvalue weighted by molar-refractivity contribution is 7.99. The van der Waals surface area contributed by atoms with Crippen LogP contribution in [0.1, 0.15) is 31.0 Å². The van der Waals surface area contributed by atoms with E-state index in [1.807, 2.05) is 45.0 Å². The van der Waals surface area contributed by atoms with Gasteiger partial charge in [-0.2, -0.15) is 5.10 Å². The van der Waals surface area contributed by atoms with Crippen LogP contribution in [-0.4, -0.2) is 43.7 Å². The van der Waals surface area contributed by atoms with Gasteiger partial charge in [-0.15, -0.1) is 0 Å². The molecule has 0 aliphatic carbocycles. The van der Waals surface area contributed by atoms with Crippen molar-refractivity contribution in [2.24, 2.45) is 0 Å². The Labute approximate surface area is 185 Å². The molecule has 0 spiro atoms. The molecule has 1 aliphatic heterocycles. The van der Waals surface area contributed by atoms with E-state index < -0.39 is 0 Å². The van der Waals surface area contributed by atoms with Gasteiger partial charge in [0.1, 0.15) is 5.52 Å². The molecule has 0 bridgehead atoms. The summed E-state index contributed by atoms with van der Waals surface area (Å²) in [5, 5.41) is 7.87. The average Bonchev–Trinajstić information content (AvgIpc) is 3.38. The van der Waals surface area contributed by atoms with E-state index in [0.29, 0.717) is 41.6 Å². The van der Waals surface area contributed by atoms with Gasteiger partial charge in [-0.1, -0.05) is 29.5 Å². The second kappa shape index (κ2) is 9.23. The van der Waals surface area contributed by atoms with Crippen LogP contribution in [0.25, 0.3) is 11.0 Å². The summed E-state index contributed by atoms with van der Waals surface area (Å²) in [6, 6.07) is 7.65. The molecule has 3 aromatic rings. The van der Waals surface area contributed by atoms with Crippen molar-refractivity contribution in [2.75, 3.05) is 17.7 Å². The number of aryl methyl sites for hydroxylation is 3. The normalized spacial score (nSPS) is 16.2. The number of benzene rings is 1. The van der Waals surface area contributed by atoms with Crippen LogP contribution in [-0.2, 0) is 22.6 Å². The second-order valence-corrected chi connectivity index (χ2v) is 8.69. The third-order valence-electron chi connectivity index (χ3n) is 5.36. The molecule has 1 atom stereocenters. The van der Waals surface area contributed by atoms with E-state index in [2.05, 4.69) is 10.4 Å². The van der Waals surface area contributed by atoms with Crippen LogP contribution >= 0.6 is 11.8 Å². The van der Waals surface area contributed by atoms with Gasteiger partial charge in [0.2, 0.25) is 5.91 Å². The first kappa shape index (κ1) is 21.6. The summed E-state index contributed by atoms with van der Waals surface area (Å²) in [5.74, 6) is 0.00558. The van der Waals surface area contributed by atoms with E-state index in [1.54, 1.807) is 9.25 Å². The number of thioether (sulfide) groups is 1. The number of ether oxygens (including phenoxy) is 1. The zero-order chi connectivity index (χ0) is 22.0. The van der Waals surface area contributed by atoms with Gasteiger partial charge in [-0.3, -0.25) is 18.8 Å². The Bertz CT molecular complexity index is 1150. The van der Waals surface area contributed by atoms with Gasteiger partial charge in [-0.05, 0) is 45.7 Å². The standard InChI is InChI=1S/C22H27N5O3S/c1-4-27-20-19(15(3)25-27)24-22(26(21(20)29)12-17-6-5-11-30-17)31-13-18(28)23-16-9-7-14(2)8-10-16/h7-10,17H,4-6,11-13H2,1-3H3,(H,23,28)/t17-/m1/s1. The number of carbonyl (C=O) groups excluding carboxylic acids is 1. The summed E-state index contributed by atoms with van der Waals surface area (Å²) in [7, 11) is 0. The van der Waals surface area contributed by atoms with E-state index >= 15 is 0 Å². The fraction of sp³-hybridized carbons (Fsp3) is 0.455. The molecule has 1 fully saturated rings. The minimum Gasteiger partial charge on any atom is -0.376 e. The Balaban J connectivity index is 1.61. The topological polar surface area (TPSA) is 91.0 Å². The van der Waals surface area contributed by atoms with Gasteiger partial charge in [0, 0.05) is 18.8 Å². The molecule has 3 heterocycles. The molecule has 164 valence electrons. The number of anilines is 1. The molecule has 1 aromatic carbocycles. The van der Waals surface area contributed by atoms with Gasteiger partial charge in [0.15, 0.2) is 10.7 Å². The monoisotopic (exact) mass is 441 g/mol. The molecule has 8 nitrogen and oxygen atoms in total. The highest BCUT2D eigenvalue weighted by atomic mass is 32.2. The molecular formula is C22H27N5O3S. The number of carbonyl (C=O) groups is 1. The molecular weight excluding hydrogens is 414 g/mol. The lowest BCUT2D eigenvalue weighted by atomic mass is 10.2. The number of hydrogen-bond acceptors (Lipinski definition) is 6. The number of fused-ring (bicyclic) bond motifs is 1. The van der Waals surface area contributed by atoms with Crippen LogP contribution in [0.3, 0.4) is 0 Å². The van der Waals surface area contributed by atoms with E-state index in [1.165, 1.54) is 11.8 Å². The average molecular weight is 442 g/mol. The summed E-state index contributed by atoms with van der Waals surface area (Å²) in [4.78, 5) is 30.6. The number of nitrogens with one attached hydrogen (secondary N) is 1. The van der Waals surface area contributed by atoms with Crippen LogP contribution in [0.4, 0.5) is 5.69 Å². The third kappa shape index (κ3) is 4.67. The van der Waals surface area contributed by atoms with E-state index in [0.717, 1.165) is 24.1 Å². The molecule has 9 heteroatoms. The Morgan fingerprint density at radius 3 is 2.74 bits per heavy atom. The maximum Gasteiger partial charge on any atom is 0.280 e. The van der Waals surface area contributed by atoms with E-state index in [-0.39, 0.29) is 23.3 Å². The van der Waals surface area contributed by atoms with Gasteiger partial charge >= 0.3 is 0 Å². The first-order valence-corrected chi connectivity index (χ1v) is 11.5. The van der Waals surface area contributed by atoms with Crippen LogP contribution < -0.4 is 10.9 Å². The summed E-state index contributed by atoms with van der Waals surface area (Å²) >= 11 is 1.26. The van der Waals surface area contributed by atoms with Crippen LogP contribution in [0.2, 0.25) is 0 Å². The number of hydrogen-bond donors (Lipinski definition) is 1. The number of rotatable bonds is 7. The zero-order valence-corrected chi connectivity index (χ0v) is 18.9. The van der Waals surface area contributed by atoms with Crippen molar-refractivity contribution in [1.29, 1.82) is 0 Å². The van der Waals surface area contributed by atoms with Crippen molar-refractivity contribution in [3.8, 4) is 0 Å². The number of nitrogens with zero attached hydrogens (tertiary/aromatic N) is 4. The smallest absolute Gasteiger partial charge is 0.280 e. The molecule has 0 radical (unpaired) electrons. The maximum absolute atomic E-state index is 13.4. The fourth-order valence-electron chi connectivity index (χ4n) is 3.74. The van der Waals surface area contributed by atoms with Gasteiger partial charge in [-0.25, -0.2) is 4.98 Å². The molecule has 2 aromatic heterocycles. The molecule has 4 rings (SSSR count). The Kier molecular flexibility index (Phi) is 6.43. The van der Waals surface area contributed by atoms with Crippen molar-refractivity contribution in [2.45, 2.75) is 58.0 Å². The molecule has 31 heavy (non-hydrogen) atoms. The summed E-state index contributed by atoms with van der Waals surface area (Å²) in [5.41, 5.74) is 3.55. The third-order valence-corrected chi connectivity index (χ3v) is 6.34. The minimum atomic E-state index is -0.146.